The lowest BCUT2D eigenvalue weighted by atomic mass is 10.3. The van der Waals surface area contributed by atoms with E-state index in [1.807, 2.05) is 0 Å². The van der Waals surface area contributed by atoms with Gasteiger partial charge in [0.05, 0.1) is 6.61 Å². The summed E-state index contributed by atoms with van der Waals surface area (Å²) in [6, 6.07) is 3.07. The number of halogens is 2. The third kappa shape index (κ3) is 3.61. The standard InChI is InChI=1S/C8H8ClNO2.ClH/c1-2-12-8(11)7-5-6(9)3-4-10-7;/h3-5H,2H2,1H3;1H. The van der Waals surface area contributed by atoms with E-state index in [1.54, 1.807) is 13.0 Å². The molecule has 3 nitrogen and oxygen atoms in total. The highest BCUT2D eigenvalue weighted by Gasteiger charge is 2.06. The van der Waals surface area contributed by atoms with Gasteiger partial charge in [-0.3, -0.25) is 0 Å². The van der Waals surface area contributed by atoms with Crippen molar-refractivity contribution < 1.29 is 9.53 Å². The van der Waals surface area contributed by atoms with Crippen molar-refractivity contribution in [1.82, 2.24) is 4.98 Å². The zero-order valence-electron chi connectivity index (χ0n) is 6.99. The van der Waals surface area contributed by atoms with Crippen molar-refractivity contribution in [1.29, 1.82) is 0 Å². The van der Waals surface area contributed by atoms with E-state index < -0.39 is 5.97 Å². The molecule has 0 bridgehead atoms. The molecule has 1 aromatic rings. The van der Waals surface area contributed by atoms with E-state index >= 15 is 0 Å². The summed E-state index contributed by atoms with van der Waals surface area (Å²) in [5, 5.41) is 0.480. The second kappa shape index (κ2) is 5.78. The number of hydrogen-bond donors (Lipinski definition) is 0. The van der Waals surface area contributed by atoms with Gasteiger partial charge in [-0.1, -0.05) is 11.6 Å². The van der Waals surface area contributed by atoms with Gasteiger partial charge < -0.3 is 4.74 Å². The molecule has 1 heterocycles. The van der Waals surface area contributed by atoms with E-state index in [2.05, 4.69) is 4.98 Å². The summed E-state index contributed by atoms with van der Waals surface area (Å²) in [6.07, 6.45) is 1.47. The minimum absolute atomic E-state index is 0. The molecule has 0 saturated carbocycles. The molecule has 0 spiro atoms. The summed E-state index contributed by atoms with van der Waals surface area (Å²) in [4.78, 5) is 14.9. The van der Waals surface area contributed by atoms with Crippen LogP contribution < -0.4 is 0 Å². The largest absolute Gasteiger partial charge is 0.461 e. The van der Waals surface area contributed by atoms with E-state index in [4.69, 9.17) is 16.3 Å². The molecule has 0 aliphatic carbocycles. The highest BCUT2D eigenvalue weighted by molar-refractivity contribution is 6.30. The van der Waals surface area contributed by atoms with Crippen molar-refractivity contribution in [3.63, 3.8) is 0 Å². The molecule has 0 fully saturated rings. The van der Waals surface area contributed by atoms with E-state index in [0.29, 0.717) is 11.6 Å². The number of pyridine rings is 1. The molecule has 0 unspecified atom stereocenters. The predicted molar refractivity (Wildman–Crippen MR) is 52.5 cm³/mol. The number of carbonyl (C=O) groups is 1. The van der Waals surface area contributed by atoms with Gasteiger partial charge in [0.1, 0.15) is 5.69 Å². The fraction of sp³-hybridized carbons (Fsp3) is 0.250. The Bertz CT molecular complexity index is 291. The Kier molecular flexibility index (Phi) is 5.42. The van der Waals surface area contributed by atoms with Gasteiger partial charge in [0.15, 0.2) is 0 Å². The molecule has 1 rings (SSSR count). The lowest BCUT2D eigenvalue weighted by molar-refractivity contribution is 0.0519. The number of nitrogens with zero attached hydrogens (tertiary/aromatic N) is 1. The van der Waals surface area contributed by atoms with Gasteiger partial charge in [-0.05, 0) is 19.1 Å². The highest BCUT2D eigenvalue weighted by Crippen LogP contribution is 2.08. The number of carbonyl (C=O) groups excluding carboxylic acids is 1. The molecular weight excluding hydrogens is 213 g/mol. The van der Waals surface area contributed by atoms with Crippen LogP contribution in [0.1, 0.15) is 17.4 Å². The van der Waals surface area contributed by atoms with Crippen LogP contribution in [0.15, 0.2) is 18.3 Å². The summed E-state index contributed by atoms with van der Waals surface area (Å²) in [7, 11) is 0. The highest BCUT2D eigenvalue weighted by atomic mass is 35.5. The van der Waals surface area contributed by atoms with Crippen LogP contribution in [0.5, 0.6) is 0 Å². The Labute approximate surface area is 87.5 Å². The first-order valence-corrected chi connectivity index (χ1v) is 3.90. The number of aromatic nitrogens is 1. The van der Waals surface area contributed by atoms with Crippen LogP contribution in [0.25, 0.3) is 0 Å². The van der Waals surface area contributed by atoms with Crippen molar-refractivity contribution in [3.8, 4) is 0 Å². The van der Waals surface area contributed by atoms with Gasteiger partial charge in [0.2, 0.25) is 0 Å². The molecule has 0 atom stereocenters. The van der Waals surface area contributed by atoms with Crippen molar-refractivity contribution in [2.45, 2.75) is 6.92 Å². The third-order valence-electron chi connectivity index (χ3n) is 1.21. The first kappa shape index (κ1) is 12.2. The molecule has 0 amide bonds. The molecule has 0 saturated heterocycles. The molecule has 1 aromatic heterocycles. The maximum Gasteiger partial charge on any atom is 0.356 e. The van der Waals surface area contributed by atoms with Gasteiger partial charge >= 0.3 is 5.97 Å². The zero-order valence-corrected chi connectivity index (χ0v) is 8.56. The van der Waals surface area contributed by atoms with Crippen LogP contribution in [0.3, 0.4) is 0 Å². The Morgan fingerprint density at radius 3 is 2.92 bits per heavy atom. The van der Waals surface area contributed by atoms with Crippen molar-refractivity contribution in [2.24, 2.45) is 0 Å². The molecule has 0 aliphatic heterocycles. The van der Waals surface area contributed by atoms with Crippen LogP contribution in [0.2, 0.25) is 5.02 Å². The first-order chi connectivity index (χ1) is 5.74. The summed E-state index contributed by atoms with van der Waals surface area (Å²) in [5.74, 6) is -0.444. The first-order valence-electron chi connectivity index (χ1n) is 3.52. The summed E-state index contributed by atoms with van der Waals surface area (Å²) in [5.41, 5.74) is 0.240. The molecule has 5 heteroatoms. The second-order valence-corrected chi connectivity index (χ2v) is 2.52. The molecule has 0 N–H and O–H groups in total. The monoisotopic (exact) mass is 221 g/mol. The summed E-state index contributed by atoms with van der Waals surface area (Å²) in [6.45, 7) is 2.08. The van der Waals surface area contributed by atoms with Crippen LogP contribution in [0, 0.1) is 0 Å². The van der Waals surface area contributed by atoms with E-state index in [0.717, 1.165) is 0 Å². The molecule has 0 aliphatic rings. The maximum atomic E-state index is 11.1. The SMILES string of the molecule is CCOC(=O)c1cc(Cl)ccn1.Cl. The Balaban J connectivity index is 0.00000144. The Hall–Kier alpha value is -0.800. The van der Waals surface area contributed by atoms with Gasteiger partial charge in [0.25, 0.3) is 0 Å². The third-order valence-corrected chi connectivity index (χ3v) is 1.44. The van der Waals surface area contributed by atoms with E-state index in [-0.39, 0.29) is 18.1 Å². The topological polar surface area (TPSA) is 39.2 Å². The normalized spacial score (nSPS) is 8.77. The van der Waals surface area contributed by atoms with Gasteiger partial charge in [-0.2, -0.15) is 0 Å². The van der Waals surface area contributed by atoms with Crippen molar-refractivity contribution in [3.05, 3.63) is 29.0 Å². The Morgan fingerprint density at radius 1 is 1.69 bits per heavy atom. The average molecular weight is 222 g/mol. The second-order valence-electron chi connectivity index (χ2n) is 2.08. The summed E-state index contributed by atoms with van der Waals surface area (Å²) < 4.78 is 4.72. The molecule has 72 valence electrons. The number of hydrogen-bond acceptors (Lipinski definition) is 3. The average Bonchev–Trinajstić information content (AvgIpc) is 2.05. The van der Waals surface area contributed by atoms with Crippen LogP contribution >= 0.6 is 24.0 Å². The van der Waals surface area contributed by atoms with Crippen LogP contribution in [-0.2, 0) is 4.74 Å². The lowest BCUT2D eigenvalue weighted by Gasteiger charge is -1.99. The minimum atomic E-state index is -0.444. The Morgan fingerprint density at radius 2 is 2.38 bits per heavy atom. The molecule has 13 heavy (non-hydrogen) atoms. The van der Waals surface area contributed by atoms with Crippen LogP contribution in [-0.4, -0.2) is 17.6 Å². The van der Waals surface area contributed by atoms with Crippen molar-refractivity contribution in [2.75, 3.05) is 6.61 Å². The fourth-order valence-electron chi connectivity index (χ4n) is 0.721. The number of rotatable bonds is 2. The van der Waals surface area contributed by atoms with Gasteiger partial charge in [-0.25, -0.2) is 9.78 Å². The van der Waals surface area contributed by atoms with E-state index in [9.17, 15) is 4.79 Å². The summed E-state index contributed by atoms with van der Waals surface area (Å²) >= 11 is 5.64. The smallest absolute Gasteiger partial charge is 0.356 e. The van der Waals surface area contributed by atoms with Crippen LogP contribution in [0.4, 0.5) is 0 Å². The zero-order chi connectivity index (χ0) is 8.97. The molecular formula is C8H9Cl2NO2. The lowest BCUT2D eigenvalue weighted by Crippen LogP contribution is -2.06. The minimum Gasteiger partial charge on any atom is -0.461 e. The number of ether oxygens (including phenoxy) is 1. The molecule has 0 radical (unpaired) electrons. The predicted octanol–water partition coefficient (Wildman–Crippen LogP) is 2.33. The van der Waals surface area contributed by atoms with Crippen molar-refractivity contribution >= 4 is 30.0 Å². The quantitative estimate of drug-likeness (QED) is 0.721. The number of esters is 1. The van der Waals surface area contributed by atoms with Gasteiger partial charge in [-0.15, -0.1) is 12.4 Å². The molecule has 0 aromatic carbocycles. The fourth-order valence-corrected chi connectivity index (χ4v) is 0.881. The maximum absolute atomic E-state index is 11.1. The van der Waals surface area contributed by atoms with E-state index in [1.165, 1.54) is 12.3 Å². The van der Waals surface area contributed by atoms with Gasteiger partial charge in [0, 0.05) is 11.2 Å².